The van der Waals surface area contributed by atoms with Crippen molar-refractivity contribution >= 4 is 22.9 Å². The molecular formula is C16H18N2OS. The summed E-state index contributed by atoms with van der Waals surface area (Å²) >= 11 is 1.55. The molecule has 1 aromatic heterocycles. The Labute approximate surface area is 123 Å². The summed E-state index contributed by atoms with van der Waals surface area (Å²) < 4.78 is 0. The molecule has 1 fully saturated rings. The Balaban J connectivity index is 1.61. The van der Waals surface area contributed by atoms with E-state index in [-0.39, 0.29) is 5.91 Å². The molecule has 2 aromatic rings. The smallest absolute Gasteiger partial charge is 0.252 e. The number of hydrogen-bond acceptors (Lipinski definition) is 3. The van der Waals surface area contributed by atoms with Gasteiger partial charge in [-0.15, -0.1) is 0 Å². The van der Waals surface area contributed by atoms with Crippen LogP contribution < -0.4 is 10.2 Å². The van der Waals surface area contributed by atoms with Gasteiger partial charge >= 0.3 is 0 Å². The van der Waals surface area contributed by atoms with Crippen LogP contribution in [0.5, 0.6) is 0 Å². The number of para-hydroxylation sites is 1. The predicted molar refractivity (Wildman–Crippen MR) is 83.5 cm³/mol. The number of benzene rings is 1. The molecule has 1 amide bonds. The molecule has 0 aliphatic carbocycles. The number of carbonyl (C=O) groups excluding carboxylic acids is 1. The molecule has 0 spiro atoms. The van der Waals surface area contributed by atoms with E-state index in [1.165, 1.54) is 12.1 Å². The van der Waals surface area contributed by atoms with Crippen LogP contribution in [0.3, 0.4) is 0 Å². The summed E-state index contributed by atoms with van der Waals surface area (Å²) in [6, 6.07) is 12.7. The van der Waals surface area contributed by atoms with Crippen molar-refractivity contribution in [2.75, 3.05) is 18.0 Å². The molecule has 3 rings (SSSR count). The van der Waals surface area contributed by atoms with Gasteiger partial charge in [-0.2, -0.15) is 11.3 Å². The van der Waals surface area contributed by atoms with Crippen molar-refractivity contribution in [1.82, 2.24) is 5.32 Å². The van der Waals surface area contributed by atoms with Crippen molar-refractivity contribution < 1.29 is 4.79 Å². The van der Waals surface area contributed by atoms with Gasteiger partial charge in [0.05, 0.1) is 0 Å². The quantitative estimate of drug-likeness (QED) is 0.936. The molecule has 2 heterocycles. The number of nitrogens with zero attached hydrogens (tertiary/aromatic N) is 1. The van der Waals surface area contributed by atoms with Crippen LogP contribution in [-0.4, -0.2) is 25.0 Å². The van der Waals surface area contributed by atoms with Crippen LogP contribution in [0.25, 0.3) is 0 Å². The van der Waals surface area contributed by atoms with E-state index in [4.69, 9.17) is 0 Å². The Morgan fingerprint density at radius 3 is 2.90 bits per heavy atom. The van der Waals surface area contributed by atoms with Gasteiger partial charge in [0, 0.05) is 35.8 Å². The second-order valence-electron chi connectivity index (χ2n) is 5.05. The van der Waals surface area contributed by atoms with Crippen LogP contribution >= 0.6 is 11.3 Å². The molecule has 1 aliphatic heterocycles. The van der Waals surface area contributed by atoms with Gasteiger partial charge in [0.1, 0.15) is 0 Å². The van der Waals surface area contributed by atoms with Crippen LogP contribution in [0.1, 0.15) is 23.2 Å². The second kappa shape index (κ2) is 6.09. The third-order valence-corrected chi connectivity index (χ3v) is 4.43. The molecule has 0 saturated carbocycles. The lowest BCUT2D eigenvalue weighted by atomic mass is 10.2. The highest BCUT2D eigenvalue weighted by Crippen LogP contribution is 2.24. The van der Waals surface area contributed by atoms with Crippen LogP contribution in [0.4, 0.5) is 5.69 Å². The minimum Gasteiger partial charge on any atom is -0.367 e. The van der Waals surface area contributed by atoms with Crippen molar-refractivity contribution in [2.24, 2.45) is 0 Å². The Kier molecular flexibility index (Phi) is 4.02. The SMILES string of the molecule is O=C(NCC1CCCN1c1ccccc1)c1ccsc1. The lowest BCUT2D eigenvalue weighted by Crippen LogP contribution is -2.40. The van der Waals surface area contributed by atoms with E-state index < -0.39 is 0 Å². The molecule has 4 heteroatoms. The zero-order valence-corrected chi connectivity index (χ0v) is 12.1. The molecule has 1 aromatic carbocycles. The van der Waals surface area contributed by atoms with Gasteiger partial charge < -0.3 is 10.2 Å². The van der Waals surface area contributed by atoms with Crippen molar-refractivity contribution in [3.05, 3.63) is 52.7 Å². The highest BCUT2D eigenvalue weighted by Gasteiger charge is 2.25. The largest absolute Gasteiger partial charge is 0.367 e. The van der Waals surface area contributed by atoms with Gasteiger partial charge in [-0.25, -0.2) is 0 Å². The Morgan fingerprint density at radius 1 is 1.30 bits per heavy atom. The minimum absolute atomic E-state index is 0.0335. The molecule has 1 aliphatic rings. The summed E-state index contributed by atoms with van der Waals surface area (Å²) in [4.78, 5) is 14.4. The van der Waals surface area contributed by atoms with Crippen molar-refractivity contribution in [3.63, 3.8) is 0 Å². The topological polar surface area (TPSA) is 32.3 Å². The Bertz CT molecular complexity index is 553. The zero-order valence-electron chi connectivity index (χ0n) is 11.3. The summed E-state index contributed by atoms with van der Waals surface area (Å²) in [6.45, 7) is 1.78. The third-order valence-electron chi connectivity index (χ3n) is 3.75. The first kappa shape index (κ1) is 13.2. The standard InChI is InChI=1S/C16H18N2OS/c19-16(13-8-10-20-12-13)17-11-15-7-4-9-18(15)14-5-2-1-3-6-14/h1-3,5-6,8,10,12,15H,4,7,9,11H2,(H,17,19). The number of amides is 1. The van der Waals surface area contributed by atoms with Crippen LogP contribution in [0.15, 0.2) is 47.2 Å². The molecule has 20 heavy (non-hydrogen) atoms. The third kappa shape index (κ3) is 2.85. The number of hydrogen-bond donors (Lipinski definition) is 1. The van der Waals surface area contributed by atoms with E-state index >= 15 is 0 Å². The molecule has 1 N–H and O–H groups in total. The van der Waals surface area contributed by atoms with Crippen molar-refractivity contribution in [2.45, 2.75) is 18.9 Å². The fraction of sp³-hybridized carbons (Fsp3) is 0.312. The van der Waals surface area contributed by atoms with Crippen molar-refractivity contribution in [3.8, 4) is 0 Å². The summed E-state index contributed by atoms with van der Waals surface area (Å²) in [7, 11) is 0. The highest BCUT2D eigenvalue weighted by molar-refractivity contribution is 7.08. The fourth-order valence-electron chi connectivity index (χ4n) is 2.71. The minimum atomic E-state index is 0.0335. The number of rotatable bonds is 4. The van der Waals surface area contributed by atoms with E-state index in [0.29, 0.717) is 12.6 Å². The van der Waals surface area contributed by atoms with Crippen molar-refractivity contribution in [1.29, 1.82) is 0 Å². The Morgan fingerprint density at radius 2 is 2.15 bits per heavy atom. The summed E-state index contributed by atoms with van der Waals surface area (Å²) in [5, 5.41) is 6.87. The monoisotopic (exact) mass is 286 g/mol. The van der Waals surface area contributed by atoms with E-state index in [1.54, 1.807) is 11.3 Å². The maximum atomic E-state index is 12.0. The first-order chi connectivity index (χ1) is 9.84. The average molecular weight is 286 g/mol. The van der Waals surface area contributed by atoms with E-state index in [9.17, 15) is 4.79 Å². The maximum Gasteiger partial charge on any atom is 0.252 e. The first-order valence-electron chi connectivity index (χ1n) is 6.96. The van der Waals surface area contributed by atoms with Gasteiger partial charge in [0.15, 0.2) is 0 Å². The lowest BCUT2D eigenvalue weighted by Gasteiger charge is -2.27. The summed E-state index contributed by atoms with van der Waals surface area (Å²) in [5.74, 6) is 0.0335. The Hall–Kier alpha value is -1.81. The summed E-state index contributed by atoms with van der Waals surface area (Å²) in [5.41, 5.74) is 2.01. The highest BCUT2D eigenvalue weighted by atomic mass is 32.1. The average Bonchev–Trinajstić information content (AvgIpc) is 3.17. The van der Waals surface area contributed by atoms with E-state index in [0.717, 1.165) is 18.5 Å². The van der Waals surface area contributed by atoms with Gasteiger partial charge in [0.25, 0.3) is 5.91 Å². The van der Waals surface area contributed by atoms with Crippen LogP contribution in [-0.2, 0) is 0 Å². The van der Waals surface area contributed by atoms with E-state index in [2.05, 4.69) is 34.5 Å². The van der Waals surface area contributed by atoms with Gasteiger partial charge in [-0.05, 0) is 36.4 Å². The molecule has 3 nitrogen and oxygen atoms in total. The van der Waals surface area contributed by atoms with Crippen LogP contribution in [0, 0.1) is 0 Å². The summed E-state index contributed by atoms with van der Waals surface area (Å²) in [6.07, 6.45) is 2.33. The fourth-order valence-corrected chi connectivity index (χ4v) is 3.35. The molecule has 1 atom stereocenters. The van der Waals surface area contributed by atoms with E-state index in [1.807, 2.05) is 22.9 Å². The molecular weight excluding hydrogens is 268 g/mol. The molecule has 104 valence electrons. The lowest BCUT2D eigenvalue weighted by molar-refractivity contribution is 0.0952. The first-order valence-corrected chi connectivity index (χ1v) is 7.91. The normalized spacial score (nSPS) is 18.2. The number of anilines is 1. The molecule has 0 radical (unpaired) electrons. The molecule has 0 bridgehead atoms. The van der Waals surface area contributed by atoms with Gasteiger partial charge in [-0.3, -0.25) is 4.79 Å². The predicted octanol–water partition coefficient (Wildman–Crippen LogP) is 3.15. The zero-order chi connectivity index (χ0) is 13.8. The molecule has 1 unspecified atom stereocenters. The van der Waals surface area contributed by atoms with Crippen LogP contribution in [0.2, 0.25) is 0 Å². The second-order valence-corrected chi connectivity index (χ2v) is 5.83. The van der Waals surface area contributed by atoms with Gasteiger partial charge in [0.2, 0.25) is 0 Å². The number of nitrogens with one attached hydrogen (secondary N) is 1. The number of thiophene rings is 1. The maximum absolute atomic E-state index is 12.0. The molecule has 1 saturated heterocycles. The van der Waals surface area contributed by atoms with Gasteiger partial charge in [-0.1, -0.05) is 18.2 Å². The number of carbonyl (C=O) groups is 1.